The number of carbonyl (C=O) groups is 1. The van der Waals surface area contributed by atoms with Gasteiger partial charge in [-0.3, -0.25) is 4.79 Å². The fourth-order valence-electron chi connectivity index (χ4n) is 1.03. The predicted molar refractivity (Wildman–Crippen MR) is 51.0 cm³/mol. The van der Waals surface area contributed by atoms with Gasteiger partial charge in [0.05, 0.1) is 0 Å². The van der Waals surface area contributed by atoms with Crippen molar-refractivity contribution in [2.75, 3.05) is 6.26 Å². The van der Waals surface area contributed by atoms with E-state index in [-0.39, 0.29) is 5.24 Å². The zero-order valence-electron chi connectivity index (χ0n) is 7.68. The zero-order valence-corrected chi connectivity index (χ0v) is 8.49. The quantitative estimate of drug-likeness (QED) is 0.714. The van der Waals surface area contributed by atoms with E-state index in [9.17, 15) is 4.79 Å². The number of hydrogen-bond donors (Lipinski definition) is 1. The highest BCUT2D eigenvalue weighted by atomic mass is 32.2. The highest BCUT2D eigenvalue weighted by molar-refractivity contribution is 8.12. The van der Waals surface area contributed by atoms with Gasteiger partial charge in [0.25, 0.3) is 5.24 Å². The summed E-state index contributed by atoms with van der Waals surface area (Å²) in [6.45, 7) is 6.34. The van der Waals surface area contributed by atoms with Crippen molar-refractivity contribution in [1.29, 1.82) is 0 Å². The average Bonchev–Trinajstić information content (AvgIpc) is 1.85. The van der Waals surface area contributed by atoms with E-state index in [0.29, 0.717) is 12.0 Å². The van der Waals surface area contributed by atoms with Crippen LogP contribution in [0.1, 0.15) is 27.2 Å². The molecule has 11 heavy (non-hydrogen) atoms. The molecule has 1 unspecified atom stereocenters. The van der Waals surface area contributed by atoms with Gasteiger partial charge in [-0.25, -0.2) is 0 Å². The first-order valence-electron chi connectivity index (χ1n) is 3.90. The Balaban J connectivity index is 3.51. The van der Waals surface area contributed by atoms with Crippen molar-refractivity contribution in [2.45, 2.75) is 33.2 Å². The molecule has 1 amide bonds. The lowest BCUT2D eigenvalue weighted by molar-refractivity contribution is 0.256. The van der Waals surface area contributed by atoms with Crippen LogP contribution >= 0.6 is 11.8 Å². The maximum atomic E-state index is 10.9. The number of hydrogen-bond acceptors (Lipinski definition) is 2. The summed E-state index contributed by atoms with van der Waals surface area (Å²) < 4.78 is 0. The van der Waals surface area contributed by atoms with E-state index in [2.05, 4.69) is 19.2 Å². The summed E-state index contributed by atoms with van der Waals surface area (Å²) in [5, 5.41) is 2.95. The van der Waals surface area contributed by atoms with Gasteiger partial charge in [-0.2, -0.15) is 0 Å². The van der Waals surface area contributed by atoms with Gasteiger partial charge in [0.2, 0.25) is 0 Å². The summed E-state index contributed by atoms with van der Waals surface area (Å²) in [6, 6.07) is 0.301. The molecule has 66 valence electrons. The van der Waals surface area contributed by atoms with E-state index in [4.69, 9.17) is 0 Å². The Morgan fingerprint density at radius 1 is 1.45 bits per heavy atom. The third-order valence-corrected chi connectivity index (χ3v) is 1.86. The van der Waals surface area contributed by atoms with Crippen LogP contribution in [0, 0.1) is 5.92 Å². The van der Waals surface area contributed by atoms with Crippen LogP contribution in [0.4, 0.5) is 4.79 Å². The van der Waals surface area contributed by atoms with Gasteiger partial charge >= 0.3 is 0 Å². The highest BCUT2D eigenvalue weighted by Gasteiger charge is 2.06. The molecule has 0 saturated carbocycles. The summed E-state index contributed by atoms with van der Waals surface area (Å²) in [5.74, 6) is 0.646. The van der Waals surface area contributed by atoms with Crippen molar-refractivity contribution in [3.05, 3.63) is 0 Å². The largest absolute Gasteiger partial charge is 0.345 e. The molecule has 0 fully saturated rings. The lowest BCUT2D eigenvalue weighted by Gasteiger charge is -2.14. The molecule has 0 aromatic rings. The van der Waals surface area contributed by atoms with Gasteiger partial charge in [0.15, 0.2) is 0 Å². The molecule has 1 N–H and O–H groups in total. The van der Waals surface area contributed by atoms with E-state index >= 15 is 0 Å². The molecule has 0 rings (SSSR count). The lowest BCUT2D eigenvalue weighted by atomic mass is 10.1. The fraction of sp³-hybridized carbons (Fsp3) is 0.875. The summed E-state index contributed by atoms with van der Waals surface area (Å²) in [5.41, 5.74) is 0. The molecular weight excluding hydrogens is 158 g/mol. The molecule has 0 heterocycles. The Kier molecular flexibility index (Phi) is 5.38. The molecule has 2 nitrogen and oxygen atoms in total. The summed E-state index contributed by atoms with van der Waals surface area (Å²) >= 11 is 1.23. The van der Waals surface area contributed by atoms with Gasteiger partial charge in [0.1, 0.15) is 0 Å². The van der Waals surface area contributed by atoms with Crippen LogP contribution < -0.4 is 5.32 Å². The molecule has 0 aliphatic carbocycles. The molecule has 3 heteroatoms. The number of thioether (sulfide) groups is 1. The van der Waals surface area contributed by atoms with Gasteiger partial charge in [-0.15, -0.1) is 0 Å². The van der Waals surface area contributed by atoms with Crippen molar-refractivity contribution < 1.29 is 4.79 Å². The lowest BCUT2D eigenvalue weighted by Crippen LogP contribution is -2.30. The Labute approximate surface area is 73.1 Å². The van der Waals surface area contributed by atoms with Crippen molar-refractivity contribution in [3.63, 3.8) is 0 Å². The molecule has 0 saturated heterocycles. The minimum Gasteiger partial charge on any atom is -0.345 e. The van der Waals surface area contributed by atoms with Gasteiger partial charge in [-0.1, -0.05) is 25.6 Å². The molecule has 0 bridgehead atoms. The summed E-state index contributed by atoms with van der Waals surface area (Å²) in [4.78, 5) is 10.9. The minimum absolute atomic E-state index is 0.0677. The zero-order chi connectivity index (χ0) is 8.85. The molecule has 0 radical (unpaired) electrons. The van der Waals surface area contributed by atoms with Gasteiger partial charge < -0.3 is 5.32 Å². The summed E-state index contributed by atoms with van der Waals surface area (Å²) in [6.07, 6.45) is 2.84. The molecule has 0 aliphatic heterocycles. The molecular formula is C8H17NOS. The van der Waals surface area contributed by atoms with Gasteiger partial charge in [-0.05, 0) is 25.5 Å². The van der Waals surface area contributed by atoms with E-state index in [0.717, 1.165) is 6.42 Å². The molecule has 1 atom stereocenters. The number of rotatable bonds is 3. The maximum Gasteiger partial charge on any atom is 0.278 e. The Morgan fingerprint density at radius 2 is 2.00 bits per heavy atom. The van der Waals surface area contributed by atoms with Crippen LogP contribution in [0.15, 0.2) is 0 Å². The number of carbonyl (C=O) groups excluding carboxylic acids is 1. The van der Waals surface area contributed by atoms with Crippen LogP contribution in [0.3, 0.4) is 0 Å². The van der Waals surface area contributed by atoms with Crippen molar-refractivity contribution in [2.24, 2.45) is 5.92 Å². The molecule has 0 aromatic carbocycles. The predicted octanol–water partition coefficient (Wildman–Crippen LogP) is 2.49. The third kappa shape index (κ3) is 6.23. The highest BCUT2D eigenvalue weighted by Crippen LogP contribution is 2.05. The van der Waals surface area contributed by atoms with E-state index in [1.165, 1.54) is 11.8 Å². The van der Waals surface area contributed by atoms with E-state index < -0.39 is 0 Å². The van der Waals surface area contributed by atoms with Crippen molar-refractivity contribution in [3.8, 4) is 0 Å². The molecule has 0 spiro atoms. The second-order valence-electron chi connectivity index (χ2n) is 3.17. The van der Waals surface area contributed by atoms with Crippen LogP contribution in [0.2, 0.25) is 0 Å². The third-order valence-electron chi connectivity index (χ3n) is 1.37. The smallest absolute Gasteiger partial charge is 0.278 e. The van der Waals surface area contributed by atoms with Crippen LogP contribution in [0.5, 0.6) is 0 Å². The summed E-state index contributed by atoms with van der Waals surface area (Å²) in [7, 11) is 0. The topological polar surface area (TPSA) is 29.1 Å². The monoisotopic (exact) mass is 175 g/mol. The Hall–Kier alpha value is -0.180. The first-order valence-corrected chi connectivity index (χ1v) is 5.13. The maximum absolute atomic E-state index is 10.9. The molecule has 0 aliphatic rings. The Morgan fingerprint density at radius 3 is 2.36 bits per heavy atom. The van der Waals surface area contributed by atoms with Crippen LogP contribution in [-0.4, -0.2) is 17.5 Å². The van der Waals surface area contributed by atoms with E-state index in [1.54, 1.807) is 6.26 Å². The molecule has 0 aromatic heterocycles. The van der Waals surface area contributed by atoms with Gasteiger partial charge in [0, 0.05) is 6.04 Å². The van der Waals surface area contributed by atoms with Crippen molar-refractivity contribution >= 4 is 17.0 Å². The fourth-order valence-corrected chi connectivity index (χ4v) is 1.35. The SMILES string of the molecule is CSC(=O)NC(C)CC(C)C. The minimum atomic E-state index is 0.0677. The number of amides is 1. The van der Waals surface area contributed by atoms with Crippen LogP contribution in [0.25, 0.3) is 0 Å². The van der Waals surface area contributed by atoms with E-state index in [1.807, 2.05) is 6.92 Å². The standard InChI is InChI=1S/C8H17NOS/c1-6(2)5-7(3)9-8(10)11-4/h6-7H,5H2,1-4H3,(H,9,10). The second-order valence-corrected chi connectivity index (χ2v) is 3.95. The average molecular weight is 175 g/mol. The normalized spacial score (nSPS) is 13.2. The van der Waals surface area contributed by atoms with Crippen molar-refractivity contribution in [1.82, 2.24) is 5.32 Å². The first-order chi connectivity index (χ1) is 5.06. The van der Waals surface area contributed by atoms with Crippen LogP contribution in [-0.2, 0) is 0 Å². The number of nitrogens with one attached hydrogen (secondary N) is 1. The second kappa shape index (κ2) is 5.47. The first kappa shape index (κ1) is 10.8. The Bertz CT molecular complexity index is 125.